The number of aromatic nitrogens is 1. The Balaban J connectivity index is 1.64. The van der Waals surface area contributed by atoms with E-state index in [0.29, 0.717) is 34.8 Å². The van der Waals surface area contributed by atoms with E-state index in [0.717, 1.165) is 17.5 Å². The van der Waals surface area contributed by atoms with E-state index in [1.807, 2.05) is 30.3 Å². The summed E-state index contributed by atoms with van der Waals surface area (Å²) in [6.45, 7) is 2.31. The van der Waals surface area contributed by atoms with E-state index >= 15 is 0 Å². The minimum Gasteiger partial charge on any atom is -0.497 e. The van der Waals surface area contributed by atoms with E-state index in [-0.39, 0.29) is 18.0 Å². The Morgan fingerprint density at radius 1 is 0.886 bits per heavy atom. The largest absolute Gasteiger partial charge is 0.497 e. The highest BCUT2D eigenvalue weighted by molar-refractivity contribution is 5.92. The maximum absolute atomic E-state index is 13.5. The zero-order chi connectivity index (χ0) is 24.8. The number of hydrogen-bond acceptors (Lipinski definition) is 5. The molecule has 0 fully saturated rings. The smallest absolute Gasteiger partial charge is 0.256 e. The molecule has 1 heterocycles. The summed E-state index contributed by atoms with van der Waals surface area (Å²) in [5.74, 6) is 0.931. The molecule has 0 atom stereocenters. The van der Waals surface area contributed by atoms with Crippen LogP contribution in [-0.2, 0) is 24.3 Å². The first kappa shape index (κ1) is 23.9. The molecule has 7 nitrogen and oxygen atoms in total. The number of pyridine rings is 1. The standard InChI is InChI=1S/C28H29N3O4/c1-4-19-8-11-22(12-9-19)29-17-21-14-20-10-13-25(35-3)16-26(20)31(28(21)33)18-27(32)30-23-6-5-7-24(15-23)34-2/h5-16,29H,4,17-18H2,1-3H3,(H,30,32). The van der Waals surface area contributed by atoms with Gasteiger partial charge in [0.05, 0.1) is 19.7 Å². The normalized spacial score (nSPS) is 10.7. The van der Waals surface area contributed by atoms with Crippen LogP contribution in [0.25, 0.3) is 10.9 Å². The molecule has 0 aliphatic rings. The first-order chi connectivity index (χ1) is 17.0. The number of hydrogen-bond donors (Lipinski definition) is 2. The summed E-state index contributed by atoms with van der Waals surface area (Å²) >= 11 is 0. The minimum atomic E-state index is -0.315. The van der Waals surface area contributed by atoms with Gasteiger partial charge in [0, 0.05) is 35.6 Å². The summed E-state index contributed by atoms with van der Waals surface area (Å²) < 4.78 is 12.1. The van der Waals surface area contributed by atoms with Gasteiger partial charge in [-0.25, -0.2) is 0 Å². The van der Waals surface area contributed by atoms with Crippen molar-refractivity contribution in [2.75, 3.05) is 24.9 Å². The number of benzene rings is 3. The molecule has 0 bridgehead atoms. The number of carbonyl (C=O) groups is 1. The SMILES string of the molecule is CCc1ccc(NCc2cc3ccc(OC)cc3n(CC(=O)Nc3cccc(OC)c3)c2=O)cc1. The number of rotatable bonds is 9. The molecular formula is C28H29N3O4. The van der Waals surface area contributed by atoms with E-state index in [2.05, 4.69) is 29.7 Å². The zero-order valence-corrected chi connectivity index (χ0v) is 20.1. The molecule has 1 aromatic heterocycles. The van der Waals surface area contributed by atoms with Crippen molar-refractivity contribution >= 4 is 28.2 Å². The maximum Gasteiger partial charge on any atom is 0.256 e. The average Bonchev–Trinajstić information content (AvgIpc) is 2.89. The fraction of sp³-hybridized carbons (Fsp3) is 0.214. The van der Waals surface area contributed by atoms with Gasteiger partial charge in [0.1, 0.15) is 18.0 Å². The van der Waals surface area contributed by atoms with Crippen LogP contribution in [0.4, 0.5) is 11.4 Å². The third-order valence-electron chi connectivity index (χ3n) is 5.88. The Morgan fingerprint density at radius 3 is 2.34 bits per heavy atom. The molecule has 0 saturated heterocycles. The monoisotopic (exact) mass is 471 g/mol. The van der Waals surface area contributed by atoms with Gasteiger partial charge in [-0.05, 0) is 59.8 Å². The number of fused-ring (bicyclic) bond motifs is 1. The fourth-order valence-electron chi connectivity index (χ4n) is 3.92. The Bertz CT molecular complexity index is 1390. The Labute approximate surface area is 204 Å². The first-order valence-corrected chi connectivity index (χ1v) is 11.5. The molecule has 7 heteroatoms. The van der Waals surface area contributed by atoms with E-state index in [9.17, 15) is 9.59 Å². The van der Waals surface area contributed by atoms with Gasteiger partial charge in [0.2, 0.25) is 5.91 Å². The average molecular weight is 472 g/mol. The predicted octanol–water partition coefficient (Wildman–Crippen LogP) is 4.83. The predicted molar refractivity (Wildman–Crippen MR) is 140 cm³/mol. The molecule has 0 aliphatic carbocycles. The van der Waals surface area contributed by atoms with Crippen molar-refractivity contribution in [1.29, 1.82) is 0 Å². The van der Waals surface area contributed by atoms with E-state index in [4.69, 9.17) is 9.47 Å². The molecule has 35 heavy (non-hydrogen) atoms. The lowest BCUT2D eigenvalue weighted by molar-refractivity contribution is -0.116. The van der Waals surface area contributed by atoms with Crippen molar-refractivity contribution in [2.24, 2.45) is 0 Å². The highest BCUT2D eigenvalue weighted by Gasteiger charge is 2.14. The molecule has 0 spiro atoms. The van der Waals surface area contributed by atoms with Gasteiger partial charge in [-0.15, -0.1) is 0 Å². The lowest BCUT2D eigenvalue weighted by Crippen LogP contribution is -2.30. The molecule has 4 rings (SSSR count). The van der Waals surface area contributed by atoms with Gasteiger partial charge >= 0.3 is 0 Å². The van der Waals surface area contributed by atoms with Crippen LogP contribution in [0.5, 0.6) is 11.5 Å². The molecule has 0 aliphatic heterocycles. The van der Waals surface area contributed by atoms with Crippen molar-refractivity contribution in [2.45, 2.75) is 26.4 Å². The first-order valence-electron chi connectivity index (χ1n) is 11.5. The van der Waals surface area contributed by atoms with Gasteiger partial charge in [-0.2, -0.15) is 0 Å². The molecule has 0 unspecified atom stereocenters. The second kappa shape index (κ2) is 10.8. The molecule has 4 aromatic rings. The summed E-state index contributed by atoms with van der Waals surface area (Å²) in [6.07, 6.45) is 0.969. The van der Waals surface area contributed by atoms with Gasteiger partial charge < -0.3 is 20.1 Å². The topological polar surface area (TPSA) is 81.6 Å². The van der Waals surface area contributed by atoms with Crippen LogP contribution >= 0.6 is 0 Å². The quantitative estimate of drug-likeness (QED) is 0.365. The molecule has 3 aromatic carbocycles. The zero-order valence-electron chi connectivity index (χ0n) is 20.1. The van der Waals surface area contributed by atoms with Crippen molar-refractivity contribution in [3.05, 3.63) is 94.3 Å². The highest BCUT2D eigenvalue weighted by atomic mass is 16.5. The number of methoxy groups -OCH3 is 2. The molecule has 0 saturated carbocycles. The molecule has 2 N–H and O–H groups in total. The molecule has 0 radical (unpaired) electrons. The molecule has 180 valence electrons. The summed E-state index contributed by atoms with van der Waals surface area (Å²) in [7, 11) is 3.14. The number of amides is 1. The minimum absolute atomic E-state index is 0.140. The second-order valence-electron chi connectivity index (χ2n) is 8.17. The summed E-state index contributed by atoms with van der Waals surface area (Å²) in [5.41, 5.74) is 3.74. The van der Waals surface area contributed by atoms with Crippen LogP contribution in [0.15, 0.2) is 77.6 Å². The third kappa shape index (κ3) is 5.63. The number of ether oxygens (including phenoxy) is 2. The van der Waals surface area contributed by atoms with Gasteiger partial charge in [0.15, 0.2) is 0 Å². The number of anilines is 2. The number of nitrogens with zero attached hydrogens (tertiary/aromatic N) is 1. The van der Waals surface area contributed by atoms with E-state index in [1.54, 1.807) is 44.6 Å². The van der Waals surface area contributed by atoms with Gasteiger partial charge in [-0.3, -0.25) is 14.2 Å². The summed E-state index contributed by atoms with van der Waals surface area (Å²) in [5, 5.41) is 7.01. The van der Waals surface area contributed by atoms with E-state index < -0.39 is 0 Å². The number of nitrogens with one attached hydrogen (secondary N) is 2. The number of carbonyl (C=O) groups excluding carboxylic acids is 1. The Hall–Kier alpha value is -4.26. The maximum atomic E-state index is 13.5. The van der Waals surface area contributed by atoms with Crippen molar-refractivity contribution in [3.8, 4) is 11.5 Å². The van der Waals surface area contributed by atoms with Crippen LogP contribution in [0.3, 0.4) is 0 Å². The third-order valence-corrected chi connectivity index (χ3v) is 5.88. The van der Waals surface area contributed by atoms with Crippen LogP contribution in [0, 0.1) is 0 Å². The fourth-order valence-corrected chi connectivity index (χ4v) is 3.92. The molecule has 1 amide bonds. The van der Waals surface area contributed by atoms with E-state index in [1.165, 1.54) is 10.1 Å². The van der Waals surface area contributed by atoms with Crippen molar-refractivity contribution < 1.29 is 14.3 Å². The van der Waals surface area contributed by atoms with Crippen molar-refractivity contribution in [1.82, 2.24) is 4.57 Å². The lowest BCUT2D eigenvalue weighted by Gasteiger charge is -2.15. The Kier molecular flexibility index (Phi) is 7.35. The van der Waals surface area contributed by atoms with Crippen LogP contribution in [0.1, 0.15) is 18.1 Å². The molecular weight excluding hydrogens is 442 g/mol. The van der Waals surface area contributed by atoms with Gasteiger partial charge in [-0.1, -0.05) is 25.1 Å². The summed E-state index contributed by atoms with van der Waals surface area (Å²) in [4.78, 5) is 26.4. The van der Waals surface area contributed by atoms with Crippen LogP contribution in [0.2, 0.25) is 0 Å². The Morgan fingerprint density at radius 2 is 1.63 bits per heavy atom. The number of aryl methyl sites for hydroxylation is 1. The second-order valence-corrected chi connectivity index (χ2v) is 8.17. The van der Waals surface area contributed by atoms with Crippen LogP contribution < -0.4 is 25.7 Å². The lowest BCUT2D eigenvalue weighted by atomic mass is 10.1. The van der Waals surface area contributed by atoms with Crippen molar-refractivity contribution in [3.63, 3.8) is 0 Å². The highest BCUT2D eigenvalue weighted by Crippen LogP contribution is 2.22. The summed E-state index contributed by atoms with van der Waals surface area (Å²) in [6, 6.07) is 22.6. The van der Waals surface area contributed by atoms with Gasteiger partial charge in [0.25, 0.3) is 5.56 Å². The van der Waals surface area contributed by atoms with Crippen LogP contribution in [-0.4, -0.2) is 24.7 Å².